The van der Waals surface area contributed by atoms with Gasteiger partial charge in [-0.1, -0.05) is 43.0 Å². The number of carbonyl (C=O) groups excluding carboxylic acids is 2. The predicted octanol–water partition coefficient (Wildman–Crippen LogP) is 2.68. The number of aliphatic hydroxyl groups excluding tert-OH is 2. The van der Waals surface area contributed by atoms with Gasteiger partial charge in [-0.25, -0.2) is 0 Å². The van der Waals surface area contributed by atoms with E-state index in [2.05, 4.69) is 6.58 Å². The second kappa shape index (κ2) is 10.6. The van der Waals surface area contributed by atoms with E-state index in [-0.39, 0.29) is 37.7 Å². The fourth-order valence-corrected chi connectivity index (χ4v) is 3.44. The molecule has 2 N–H and O–H groups in total. The third-order valence-electron chi connectivity index (χ3n) is 4.86. The highest BCUT2D eigenvalue weighted by molar-refractivity contribution is 6.46. The molecular weight excluding hydrogens is 398 g/mol. The molecule has 1 fully saturated rings. The third-order valence-corrected chi connectivity index (χ3v) is 4.86. The molecular formula is C24H25NO6. The van der Waals surface area contributed by atoms with Crippen LogP contribution in [0.5, 0.6) is 5.75 Å². The number of Topliss-reactive ketones (excluding diaryl/α,β-unsaturated/α-hetero) is 1. The largest absolute Gasteiger partial charge is 0.507 e. The number of likely N-dealkylation sites (tertiary alicyclic amines) is 1. The Bertz CT molecular complexity index is 952. The number of ether oxygens (including phenoxy) is 2. The molecule has 0 bridgehead atoms. The average molecular weight is 423 g/mol. The molecule has 1 saturated heterocycles. The highest BCUT2D eigenvalue weighted by Crippen LogP contribution is 2.39. The maximum Gasteiger partial charge on any atom is 0.295 e. The molecule has 0 radical (unpaired) electrons. The number of amides is 1. The summed E-state index contributed by atoms with van der Waals surface area (Å²) in [6, 6.07) is 14.9. The number of hydrogen-bond acceptors (Lipinski definition) is 6. The predicted molar refractivity (Wildman–Crippen MR) is 115 cm³/mol. The van der Waals surface area contributed by atoms with Gasteiger partial charge in [0.05, 0.1) is 31.4 Å². The lowest BCUT2D eigenvalue weighted by Crippen LogP contribution is -2.33. The summed E-state index contributed by atoms with van der Waals surface area (Å²) in [5.41, 5.74) is 1.14. The number of ketones is 1. The van der Waals surface area contributed by atoms with Crippen molar-refractivity contribution in [3.63, 3.8) is 0 Å². The quantitative estimate of drug-likeness (QED) is 0.201. The van der Waals surface area contributed by atoms with Gasteiger partial charge in [-0.05, 0) is 29.8 Å². The van der Waals surface area contributed by atoms with Crippen LogP contribution in [0, 0.1) is 0 Å². The van der Waals surface area contributed by atoms with Crippen LogP contribution in [-0.2, 0) is 14.3 Å². The van der Waals surface area contributed by atoms with Gasteiger partial charge in [-0.2, -0.15) is 0 Å². The van der Waals surface area contributed by atoms with Crippen molar-refractivity contribution in [2.75, 3.05) is 33.0 Å². The van der Waals surface area contributed by atoms with Crippen molar-refractivity contribution in [2.24, 2.45) is 0 Å². The Morgan fingerprint density at radius 2 is 1.77 bits per heavy atom. The normalized spacial score (nSPS) is 17.7. The van der Waals surface area contributed by atoms with E-state index in [4.69, 9.17) is 14.6 Å². The van der Waals surface area contributed by atoms with Crippen molar-refractivity contribution < 1.29 is 29.3 Å². The Hall–Kier alpha value is -3.42. The molecule has 1 heterocycles. The van der Waals surface area contributed by atoms with E-state index in [1.54, 1.807) is 42.5 Å². The first-order chi connectivity index (χ1) is 15.1. The van der Waals surface area contributed by atoms with E-state index < -0.39 is 17.7 Å². The maximum atomic E-state index is 12.9. The summed E-state index contributed by atoms with van der Waals surface area (Å²) in [6.07, 6.45) is 1.62. The number of benzene rings is 2. The molecule has 1 unspecified atom stereocenters. The van der Waals surface area contributed by atoms with Crippen molar-refractivity contribution >= 4 is 17.4 Å². The van der Waals surface area contributed by atoms with E-state index >= 15 is 0 Å². The smallest absolute Gasteiger partial charge is 0.295 e. The molecule has 0 aromatic heterocycles. The summed E-state index contributed by atoms with van der Waals surface area (Å²) in [6.45, 7) is 4.26. The topological polar surface area (TPSA) is 96.3 Å². The molecule has 1 aliphatic rings. The van der Waals surface area contributed by atoms with Crippen molar-refractivity contribution in [2.45, 2.75) is 6.04 Å². The van der Waals surface area contributed by atoms with Crippen LogP contribution in [0.25, 0.3) is 5.76 Å². The van der Waals surface area contributed by atoms with Gasteiger partial charge in [0.1, 0.15) is 18.1 Å². The summed E-state index contributed by atoms with van der Waals surface area (Å²) in [4.78, 5) is 27.0. The van der Waals surface area contributed by atoms with E-state index in [9.17, 15) is 14.7 Å². The molecule has 2 aromatic rings. The fourth-order valence-electron chi connectivity index (χ4n) is 3.44. The molecule has 3 rings (SSSR count). The summed E-state index contributed by atoms with van der Waals surface area (Å²) in [5, 5.41) is 19.9. The molecule has 1 amide bonds. The van der Waals surface area contributed by atoms with E-state index in [0.29, 0.717) is 23.5 Å². The van der Waals surface area contributed by atoms with E-state index in [0.717, 1.165) is 0 Å². The summed E-state index contributed by atoms with van der Waals surface area (Å²) < 4.78 is 10.7. The molecule has 31 heavy (non-hydrogen) atoms. The zero-order chi connectivity index (χ0) is 22.2. The monoisotopic (exact) mass is 423 g/mol. The van der Waals surface area contributed by atoms with Crippen LogP contribution in [0.2, 0.25) is 0 Å². The molecule has 7 nitrogen and oxygen atoms in total. The Morgan fingerprint density at radius 3 is 2.42 bits per heavy atom. The first-order valence-corrected chi connectivity index (χ1v) is 9.94. The Balaban J connectivity index is 1.98. The zero-order valence-electron chi connectivity index (χ0n) is 17.1. The standard InChI is InChI=1S/C24H25NO6/c1-2-14-31-19-10-8-18(9-11-19)22(27)20-21(17-6-4-3-5-7-17)25(24(29)23(20)28)12-15-30-16-13-26/h2-11,21,26-27H,1,12-16H2. The maximum absolute atomic E-state index is 12.9. The number of aliphatic hydroxyl groups is 2. The summed E-state index contributed by atoms with van der Waals surface area (Å²) >= 11 is 0. The average Bonchev–Trinajstić information content (AvgIpc) is 3.06. The highest BCUT2D eigenvalue weighted by atomic mass is 16.5. The van der Waals surface area contributed by atoms with Gasteiger partial charge in [-0.15, -0.1) is 0 Å². The van der Waals surface area contributed by atoms with Gasteiger partial charge in [0.25, 0.3) is 11.7 Å². The lowest BCUT2D eigenvalue weighted by Gasteiger charge is -2.25. The SMILES string of the molecule is C=CCOc1ccc(C(O)=C2C(=O)C(=O)N(CCOCCO)C2c2ccccc2)cc1. The van der Waals surface area contributed by atoms with Gasteiger partial charge in [0.15, 0.2) is 0 Å². The van der Waals surface area contributed by atoms with Crippen molar-refractivity contribution in [3.05, 3.63) is 84.0 Å². The molecule has 7 heteroatoms. The lowest BCUT2D eigenvalue weighted by molar-refractivity contribution is -0.140. The van der Waals surface area contributed by atoms with Crippen LogP contribution < -0.4 is 4.74 Å². The number of nitrogens with zero attached hydrogens (tertiary/aromatic N) is 1. The van der Waals surface area contributed by atoms with Crippen LogP contribution in [0.4, 0.5) is 0 Å². The minimum Gasteiger partial charge on any atom is -0.507 e. The summed E-state index contributed by atoms with van der Waals surface area (Å²) in [5.74, 6) is -1.10. The first kappa shape index (κ1) is 22.3. The minimum atomic E-state index is -0.750. The Kier molecular flexibility index (Phi) is 7.59. The number of carbonyl (C=O) groups is 2. The fraction of sp³-hybridized carbons (Fsp3) is 0.250. The summed E-state index contributed by atoms with van der Waals surface area (Å²) in [7, 11) is 0. The molecule has 162 valence electrons. The minimum absolute atomic E-state index is 0.0260. The van der Waals surface area contributed by atoms with E-state index in [1.165, 1.54) is 4.90 Å². The molecule has 0 saturated carbocycles. The highest BCUT2D eigenvalue weighted by Gasteiger charge is 2.45. The van der Waals surface area contributed by atoms with E-state index in [1.807, 2.05) is 18.2 Å². The van der Waals surface area contributed by atoms with Gasteiger partial charge in [0, 0.05) is 12.1 Å². The van der Waals surface area contributed by atoms with Crippen LogP contribution in [-0.4, -0.2) is 59.8 Å². The number of rotatable bonds is 10. The van der Waals surface area contributed by atoms with Crippen molar-refractivity contribution in [1.29, 1.82) is 0 Å². The zero-order valence-corrected chi connectivity index (χ0v) is 17.1. The van der Waals surface area contributed by atoms with Gasteiger partial charge >= 0.3 is 0 Å². The van der Waals surface area contributed by atoms with Gasteiger partial charge in [-0.3, -0.25) is 9.59 Å². The van der Waals surface area contributed by atoms with Gasteiger partial charge in [0.2, 0.25) is 0 Å². The lowest BCUT2D eigenvalue weighted by atomic mass is 9.95. The molecule has 0 aliphatic carbocycles. The Morgan fingerprint density at radius 1 is 1.06 bits per heavy atom. The molecule has 1 aliphatic heterocycles. The van der Waals surface area contributed by atoms with Crippen LogP contribution in [0.15, 0.2) is 72.8 Å². The van der Waals surface area contributed by atoms with Crippen LogP contribution in [0.3, 0.4) is 0 Å². The Labute approximate surface area is 180 Å². The first-order valence-electron chi connectivity index (χ1n) is 9.94. The van der Waals surface area contributed by atoms with Crippen LogP contribution >= 0.6 is 0 Å². The number of hydrogen-bond donors (Lipinski definition) is 2. The van der Waals surface area contributed by atoms with Crippen molar-refractivity contribution in [3.8, 4) is 5.75 Å². The molecule has 2 aromatic carbocycles. The second-order valence-electron chi connectivity index (χ2n) is 6.86. The third kappa shape index (κ3) is 5.02. The second-order valence-corrected chi connectivity index (χ2v) is 6.86. The van der Waals surface area contributed by atoms with Crippen LogP contribution in [0.1, 0.15) is 17.2 Å². The van der Waals surface area contributed by atoms with Gasteiger partial charge < -0.3 is 24.6 Å². The molecule has 0 spiro atoms. The van der Waals surface area contributed by atoms with Crippen molar-refractivity contribution in [1.82, 2.24) is 4.90 Å². The molecule has 1 atom stereocenters.